The van der Waals surface area contributed by atoms with Crippen LogP contribution < -0.4 is 15.2 Å². The number of nitrogens with one attached hydrogen (secondary N) is 2. The van der Waals surface area contributed by atoms with Crippen LogP contribution in [0.15, 0.2) is 11.6 Å². The number of hydrogen-bond donors (Lipinski definition) is 1. The summed E-state index contributed by atoms with van der Waals surface area (Å²) in [7, 11) is -3.07. The average Bonchev–Trinajstić information content (AvgIpc) is 3.51. The Balaban J connectivity index is 1.85. The Hall–Kier alpha value is -1.03. The molecule has 0 aliphatic rings. The van der Waals surface area contributed by atoms with Gasteiger partial charge in [0.25, 0.3) is 7.82 Å². The van der Waals surface area contributed by atoms with E-state index in [1.54, 1.807) is 6.20 Å². The largest absolute Gasteiger partial charge is 0.756 e. The van der Waals surface area contributed by atoms with Gasteiger partial charge < -0.3 is 28.7 Å². The number of phosphoric acid groups is 1. The van der Waals surface area contributed by atoms with Crippen LogP contribution in [0.2, 0.25) is 0 Å². The van der Waals surface area contributed by atoms with E-state index in [4.69, 9.17) is 18.5 Å². The van der Waals surface area contributed by atoms with E-state index < -0.39 is 20.0 Å². The van der Waals surface area contributed by atoms with Crippen molar-refractivity contribution in [2.45, 2.75) is 148 Å². The molecule has 2 atom stereocenters. The van der Waals surface area contributed by atoms with Gasteiger partial charge in [0.15, 0.2) is 6.20 Å². The molecule has 2 N–H and O–H groups in total. The Morgan fingerprint density at radius 1 is 0.837 bits per heavy atom. The fourth-order valence-corrected chi connectivity index (χ4v) is 6.22. The molecule has 43 heavy (non-hydrogen) atoms. The zero-order valence-corrected chi connectivity index (χ0v) is 28.8. The third kappa shape index (κ3) is 25.9. The molecule has 0 fully saturated rings. The quantitative estimate of drug-likeness (QED) is 0.0637. The zero-order valence-electron chi connectivity index (χ0n) is 27.1. The van der Waals surface area contributed by atoms with E-state index in [1.807, 2.05) is 5.38 Å². The van der Waals surface area contributed by atoms with E-state index in [0.717, 1.165) is 17.8 Å². The number of carbonyl (C=O) groups is 1. The summed E-state index contributed by atoms with van der Waals surface area (Å²) < 4.78 is 32.0. The summed E-state index contributed by atoms with van der Waals surface area (Å²) >= 11 is 1.48. The Morgan fingerprint density at radius 2 is 1.35 bits per heavy atom. The average molecular weight is 649 g/mol. The number of H-pyrrole nitrogens is 1. The van der Waals surface area contributed by atoms with Gasteiger partial charge in [0.05, 0.1) is 25.0 Å². The molecule has 0 saturated heterocycles. The summed E-state index contributed by atoms with van der Waals surface area (Å²) in [5.74, 6) is 0. The molecule has 1 rings (SSSR count). The second-order valence-electron chi connectivity index (χ2n) is 11.4. The van der Waals surface area contributed by atoms with E-state index >= 15 is 0 Å². The van der Waals surface area contributed by atoms with Gasteiger partial charge >= 0.3 is 6.09 Å². The minimum Gasteiger partial charge on any atom is -0.756 e. The molecule has 0 aliphatic carbocycles. The molecule has 0 radical (unpaired) electrons. The van der Waals surface area contributed by atoms with Crippen molar-refractivity contribution in [3.8, 4) is 0 Å². The van der Waals surface area contributed by atoms with Crippen molar-refractivity contribution in [3.05, 3.63) is 16.6 Å². The predicted octanol–water partition coefficient (Wildman–Crippen LogP) is 8.17. The maximum absolute atomic E-state index is 11.9. The number of alkyl carbamates (subject to hydrolysis) is 1. The number of methoxy groups -OCH3 is 1. The zero-order chi connectivity index (χ0) is 31.3. The van der Waals surface area contributed by atoms with E-state index in [2.05, 4.69) is 17.2 Å². The summed E-state index contributed by atoms with van der Waals surface area (Å²) in [5.41, 5.74) is 0. The number of aromatic nitrogens is 1. The number of unbranched alkanes of at least 4 members (excludes halogenated alkanes) is 19. The predicted molar refractivity (Wildman–Crippen MR) is 172 cm³/mol. The van der Waals surface area contributed by atoms with Crippen molar-refractivity contribution in [1.82, 2.24) is 5.32 Å². The molecule has 0 bridgehead atoms. The number of rotatable bonds is 31. The lowest BCUT2D eigenvalue weighted by atomic mass is 10.0. The van der Waals surface area contributed by atoms with E-state index in [-0.39, 0.29) is 19.8 Å². The number of carbonyl (C=O) groups excluding carboxylic acids is 1. The van der Waals surface area contributed by atoms with E-state index in [9.17, 15) is 14.3 Å². The van der Waals surface area contributed by atoms with Crippen LogP contribution in [-0.2, 0) is 29.5 Å². The maximum atomic E-state index is 11.9. The first-order valence-electron chi connectivity index (χ1n) is 16.9. The molecule has 1 aromatic heterocycles. The van der Waals surface area contributed by atoms with Crippen LogP contribution in [-0.4, -0.2) is 45.7 Å². The lowest BCUT2D eigenvalue weighted by Crippen LogP contribution is -2.31. The van der Waals surface area contributed by atoms with Gasteiger partial charge in [-0.05, 0) is 6.42 Å². The second kappa shape index (κ2) is 28.4. The highest BCUT2D eigenvalue weighted by Gasteiger charge is 2.17. The number of aromatic amines is 1. The number of phosphoric ester groups is 1. The fourth-order valence-electron chi connectivity index (χ4n) is 4.84. The van der Waals surface area contributed by atoms with Crippen LogP contribution in [0.1, 0.15) is 140 Å². The SMILES string of the molecule is CCCCCCCCCCCCCCCCCCCCCCNC(=O)OCC(COP(=O)([O-])OCCc1[nH+]ccs1)OC. The van der Waals surface area contributed by atoms with E-state index in [0.29, 0.717) is 13.0 Å². The molecule has 11 heteroatoms. The number of thiazole rings is 1. The normalized spacial score (nSPS) is 13.6. The minimum atomic E-state index is -4.47. The van der Waals surface area contributed by atoms with Crippen LogP contribution in [0.3, 0.4) is 0 Å². The van der Waals surface area contributed by atoms with Gasteiger partial charge in [-0.2, -0.15) is 0 Å². The molecule has 1 aromatic rings. The summed E-state index contributed by atoms with van der Waals surface area (Å²) in [6.07, 6.45) is 27.7. The maximum Gasteiger partial charge on any atom is 0.407 e. The van der Waals surface area contributed by atoms with Gasteiger partial charge in [-0.25, -0.2) is 9.78 Å². The monoisotopic (exact) mass is 648 g/mol. The molecule has 0 spiro atoms. The van der Waals surface area contributed by atoms with Crippen LogP contribution >= 0.6 is 19.2 Å². The molecular formula is C32H61N2O7PS. The molecule has 9 nitrogen and oxygen atoms in total. The van der Waals surface area contributed by atoms with Gasteiger partial charge in [-0.15, -0.1) is 0 Å². The van der Waals surface area contributed by atoms with Crippen molar-refractivity contribution in [3.63, 3.8) is 0 Å². The highest BCUT2D eigenvalue weighted by atomic mass is 32.1. The third-order valence-corrected chi connectivity index (χ3v) is 9.40. The van der Waals surface area contributed by atoms with Crippen molar-refractivity contribution in [1.29, 1.82) is 0 Å². The smallest absolute Gasteiger partial charge is 0.407 e. The standard InChI is InChI=1S/C32H61N2O7PS/c1-3-4-5-6-7-8-9-10-11-12-13-14-15-16-17-18-19-20-21-22-24-34-32(35)39-28-30(38-2)29-41-42(36,37)40-26-23-31-33-25-27-43-31/h25,27,30H,3-24,26,28-29H2,1-2H3,(H,34,35)(H,36,37). The Labute approximate surface area is 265 Å². The van der Waals surface area contributed by atoms with Gasteiger partial charge in [-0.1, -0.05) is 140 Å². The highest BCUT2D eigenvalue weighted by molar-refractivity contribution is 7.45. The third-order valence-electron chi connectivity index (χ3n) is 7.55. The molecule has 0 aliphatic heterocycles. The summed E-state index contributed by atoms with van der Waals surface area (Å²) in [6, 6.07) is 0. The van der Waals surface area contributed by atoms with Crippen molar-refractivity contribution in [2.75, 3.05) is 33.5 Å². The fraction of sp³-hybridized carbons (Fsp3) is 0.875. The summed E-state index contributed by atoms with van der Waals surface area (Å²) in [6.45, 7) is 2.40. The number of amides is 1. The van der Waals surface area contributed by atoms with Crippen molar-refractivity contribution < 1.29 is 37.8 Å². The van der Waals surface area contributed by atoms with Gasteiger partial charge in [0, 0.05) is 13.7 Å². The number of ether oxygens (including phenoxy) is 2. The second-order valence-corrected chi connectivity index (χ2v) is 13.8. The molecule has 1 amide bonds. The van der Waals surface area contributed by atoms with Crippen LogP contribution in [0.5, 0.6) is 0 Å². The summed E-state index contributed by atoms with van der Waals surface area (Å²) in [4.78, 5) is 26.9. The van der Waals surface area contributed by atoms with Crippen LogP contribution in [0, 0.1) is 0 Å². The van der Waals surface area contributed by atoms with Crippen LogP contribution in [0.25, 0.3) is 0 Å². The lowest BCUT2D eigenvalue weighted by Gasteiger charge is -2.24. The first-order chi connectivity index (χ1) is 21.0. The number of hydrogen-bond acceptors (Lipinski definition) is 8. The molecule has 0 aromatic carbocycles. The van der Waals surface area contributed by atoms with Gasteiger partial charge in [-0.3, -0.25) is 4.57 Å². The topological polar surface area (TPSA) is 120 Å². The van der Waals surface area contributed by atoms with Gasteiger partial charge in [0.2, 0.25) is 5.01 Å². The van der Waals surface area contributed by atoms with Crippen LogP contribution in [0.4, 0.5) is 4.79 Å². The summed E-state index contributed by atoms with van der Waals surface area (Å²) in [5, 5.41) is 5.51. The molecule has 0 saturated carbocycles. The molecule has 252 valence electrons. The molecular weight excluding hydrogens is 587 g/mol. The Bertz CT molecular complexity index is 801. The highest BCUT2D eigenvalue weighted by Crippen LogP contribution is 2.38. The molecule has 1 heterocycles. The Kier molecular flexibility index (Phi) is 26.5. The first kappa shape index (κ1) is 40.0. The van der Waals surface area contributed by atoms with Crippen molar-refractivity contribution in [2.24, 2.45) is 0 Å². The Morgan fingerprint density at radius 3 is 1.81 bits per heavy atom. The molecule has 2 unspecified atom stereocenters. The lowest BCUT2D eigenvalue weighted by molar-refractivity contribution is -0.382. The first-order valence-corrected chi connectivity index (χ1v) is 19.3. The van der Waals surface area contributed by atoms with E-state index in [1.165, 1.54) is 134 Å². The van der Waals surface area contributed by atoms with Crippen molar-refractivity contribution >= 4 is 25.3 Å². The van der Waals surface area contributed by atoms with Gasteiger partial charge in [0.1, 0.15) is 12.7 Å². The minimum absolute atomic E-state index is 0.0200.